The summed E-state index contributed by atoms with van der Waals surface area (Å²) in [7, 11) is 2.04. The summed E-state index contributed by atoms with van der Waals surface area (Å²) in [6.07, 6.45) is 1.98. The van der Waals surface area contributed by atoms with Crippen LogP contribution >= 0.6 is 0 Å². The van der Waals surface area contributed by atoms with Crippen molar-refractivity contribution in [2.24, 2.45) is 13.0 Å². The summed E-state index contributed by atoms with van der Waals surface area (Å²) >= 11 is 0. The topological polar surface area (TPSA) is 108 Å². The maximum Gasteiger partial charge on any atom is 0.184 e. The summed E-state index contributed by atoms with van der Waals surface area (Å²) < 4.78 is 7.70. The van der Waals surface area contributed by atoms with Gasteiger partial charge in [-0.1, -0.05) is 18.2 Å². The molecule has 0 spiro atoms. The Morgan fingerprint density at radius 3 is 2.56 bits per heavy atom. The zero-order valence-corrected chi connectivity index (χ0v) is 21.2. The zero-order valence-electron chi connectivity index (χ0n) is 21.2. The number of anilines is 1. The highest BCUT2D eigenvalue weighted by atomic mass is 16.5. The fourth-order valence-corrected chi connectivity index (χ4v) is 5.47. The molecule has 0 unspecified atom stereocenters. The Labute approximate surface area is 210 Å². The summed E-state index contributed by atoms with van der Waals surface area (Å²) in [6, 6.07) is 8.05. The highest BCUT2D eigenvalue weighted by molar-refractivity contribution is 5.93. The lowest BCUT2D eigenvalue weighted by atomic mass is 9.83. The fourth-order valence-electron chi connectivity index (χ4n) is 5.47. The Kier molecular flexibility index (Phi) is 5.89. The van der Waals surface area contributed by atoms with E-state index in [1.807, 2.05) is 45.2 Å². The van der Waals surface area contributed by atoms with Crippen LogP contribution in [0.3, 0.4) is 0 Å². The Hall–Kier alpha value is -3.08. The number of rotatable bonds is 5. The third-order valence-corrected chi connectivity index (χ3v) is 7.74. The van der Waals surface area contributed by atoms with E-state index < -0.39 is 5.60 Å². The molecule has 3 aromatic heterocycles. The summed E-state index contributed by atoms with van der Waals surface area (Å²) in [6.45, 7) is 9.36. The van der Waals surface area contributed by atoms with Crippen LogP contribution in [0.5, 0.6) is 0 Å². The number of likely N-dealkylation sites (tertiary alicyclic amines) is 1. The third-order valence-electron chi connectivity index (χ3n) is 7.74. The number of piperidine rings is 1. The highest BCUT2D eigenvalue weighted by Gasteiger charge is 2.31. The molecule has 2 saturated heterocycles. The molecule has 5 heterocycles. The molecule has 1 aromatic carbocycles. The first-order valence-electron chi connectivity index (χ1n) is 12.8. The molecule has 36 heavy (non-hydrogen) atoms. The molecule has 190 valence electrons. The first kappa shape index (κ1) is 23.3. The summed E-state index contributed by atoms with van der Waals surface area (Å²) in [5.41, 5.74) is 2.72. The van der Waals surface area contributed by atoms with Crippen molar-refractivity contribution in [3.05, 3.63) is 30.1 Å². The van der Waals surface area contributed by atoms with Crippen molar-refractivity contribution in [1.82, 2.24) is 34.6 Å². The second-order valence-electron chi connectivity index (χ2n) is 10.6. The van der Waals surface area contributed by atoms with Gasteiger partial charge in [0.05, 0.1) is 30.9 Å². The predicted molar refractivity (Wildman–Crippen MR) is 139 cm³/mol. The Morgan fingerprint density at radius 2 is 1.81 bits per heavy atom. The number of hydrogen-bond donors (Lipinski definition) is 2. The molecule has 4 aromatic rings. The lowest BCUT2D eigenvalue weighted by Crippen LogP contribution is -2.41. The van der Waals surface area contributed by atoms with E-state index in [-0.39, 0.29) is 0 Å². The Balaban J connectivity index is 1.38. The van der Waals surface area contributed by atoms with Gasteiger partial charge in [0.15, 0.2) is 22.8 Å². The summed E-state index contributed by atoms with van der Waals surface area (Å²) in [4.78, 5) is 19.7. The van der Waals surface area contributed by atoms with Gasteiger partial charge in [-0.15, -0.1) is 0 Å². The number of H-pyrrole nitrogens is 1. The van der Waals surface area contributed by atoms with E-state index in [2.05, 4.69) is 24.6 Å². The standard InChI is InChI=1S/C26H34N8O2/c1-26(2,35)17-8-10-33(11-9-17)16-20-27-22-24(32(20)3)28-23(29-25(22)34-12-14-36-15-13-34)21-18-6-4-5-7-19(18)30-31-21/h4-7,17,35H,8-16H2,1-3H3,(H,30,31). The normalized spacial score (nSPS) is 18.5. The number of aromatic amines is 1. The molecule has 2 aliphatic rings. The van der Waals surface area contributed by atoms with Crippen LogP contribution in [0.25, 0.3) is 33.6 Å². The van der Waals surface area contributed by atoms with Crippen molar-refractivity contribution in [2.45, 2.75) is 38.8 Å². The average molecular weight is 491 g/mol. The van der Waals surface area contributed by atoms with Crippen molar-refractivity contribution >= 4 is 27.9 Å². The molecule has 0 bridgehead atoms. The molecular formula is C26H34N8O2. The number of para-hydroxylation sites is 1. The number of aromatic nitrogens is 6. The minimum absolute atomic E-state index is 0.333. The van der Waals surface area contributed by atoms with Crippen LogP contribution in [0, 0.1) is 5.92 Å². The van der Waals surface area contributed by atoms with Gasteiger partial charge in [0, 0.05) is 25.5 Å². The zero-order chi connectivity index (χ0) is 24.9. The second kappa shape index (κ2) is 9.10. The number of benzene rings is 1. The molecule has 0 aliphatic carbocycles. The van der Waals surface area contributed by atoms with Gasteiger partial charge in [-0.2, -0.15) is 5.10 Å². The summed E-state index contributed by atoms with van der Waals surface area (Å²) in [5, 5.41) is 19.1. The van der Waals surface area contributed by atoms with Gasteiger partial charge >= 0.3 is 0 Å². The van der Waals surface area contributed by atoms with E-state index in [1.165, 1.54) is 0 Å². The number of hydrogen-bond acceptors (Lipinski definition) is 8. The third kappa shape index (κ3) is 4.23. The van der Waals surface area contributed by atoms with E-state index in [1.54, 1.807) is 0 Å². The Morgan fingerprint density at radius 1 is 1.06 bits per heavy atom. The molecule has 0 atom stereocenters. The lowest BCUT2D eigenvalue weighted by Gasteiger charge is -2.37. The smallest absolute Gasteiger partial charge is 0.184 e. The average Bonchev–Trinajstić information content (AvgIpc) is 3.45. The molecule has 0 amide bonds. The number of nitrogens with one attached hydrogen (secondary N) is 1. The van der Waals surface area contributed by atoms with E-state index in [0.717, 1.165) is 85.0 Å². The molecule has 2 aliphatic heterocycles. The van der Waals surface area contributed by atoms with Crippen LogP contribution in [-0.4, -0.2) is 84.7 Å². The van der Waals surface area contributed by atoms with Gasteiger partial charge in [-0.3, -0.25) is 10.00 Å². The quantitative estimate of drug-likeness (QED) is 0.440. The van der Waals surface area contributed by atoms with Crippen molar-refractivity contribution in [3.63, 3.8) is 0 Å². The molecule has 2 fully saturated rings. The van der Waals surface area contributed by atoms with Crippen LogP contribution in [0.15, 0.2) is 24.3 Å². The van der Waals surface area contributed by atoms with Crippen molar-refractivity contribution < 1.29 is 9.84 Å². The van der Waals surface area contributed by atoms with Crippen LogP contribution in [0.4, 0.5) is 5.82 Å². The van der Waals surface area contributed by atoms with Crippen molar-refractivity contribution in [3.8, 4) is 11.5 Å². The van der Waals surface area contributed by atoms with Crippen LogP contribution in [0.2, 0.25) is 0 Å². The predicted octanol–water partition coefficient (Wildman–Crippen LogP) is 2.73. The van der Waals surface area contributed by atoms with E-state index in [4.69, 9.17) is 19.7 Å². The monoisotopic (exact) mass is 490 g/mol. The van der Waals surface area contributed by atoms with Gasteiger partial charge in [-0.25, -0.2) is 15.0 Å². The van der Waals surface area contributed by atoms with Gasteiger partial charge in [0.25, 0.3) is 0 Å². The van der Waals surface area contributed by atoms with Crippen LogP contribution in [0.1, 0.15) is 32.5 Å². The molecule has 10 nitrogen and oxygen atoms in total. The maximum absolute atomic E-state index is 10.4. The minimum Gasteiger partial charge on any atom is -0.390 e. The maximum atomic E-state index is 10.4. The number of imidazole rings is 1. The highest BCUT2D eigenvalue weighted by Crippen LogP contribution is 2.32. The molecule has 0 radical (unpaired) electrons. The van der Waals surface area contributed by atoms with Crippen LogP contribution in [-0.2, 0) is 18.3 Å². The van der Waals surface area contributed by atoms with Crippen LogP contribution < -0.4 is 4.90 Å². The van der Waals surface area contributed by atoms with Gasteiger partial charge < -0.3 is 19.3 Å². The number of fused-ring (bicyclic) bond motifs is 2. The van der Waals surface area contributed by atoms with Crippen molar-refractivity contribution in [1.29, 1.82) is 0 Å². The van der Waals surface area contributed by atoms with E-state index in [0.29, 0.717) is 25.0 Å². The first-order chi connectivity index (χ1) is 17.4. The fraction of sp³-hybridized carbons (Fsp3) is 0.538. The van der Waals surface area contributed by atoms with E-state index >= 15 is 0 Å². The van der Waals surface area contributed by atoms with Gasteiger partial charge in [-0.05, 0) is 51.8 Å². The number of aryl methyl sites for hydroxylation is 1. The molecular weight excluding hydrogens is 456 g/mol. The van der Waals surface area contributed by atoms with Gasteiger partial charge in [0.2, 0.25) is 0 Å². The lowest BCUT2D eigenvalue weighted by molar-refractivity contribution is -0.0139. The molecule has 10 heteroatoms. The number of nitrogens with zero attached hydrogens (tertiary/aromatic N) is 7. The minimum atomic E-state index is -0.626. The molecule has 2 N–H and O–H groups in total. The molecule has 6 rings (SSSR count). The number of morpholine rings is 1. The Bertz CT molecular complexity index is 1370. The largest absolute Gasteiger partial charge is 0.390 e. The summed E-state index contributed by atoms with van der Waals surface area (Å²) in [5.74, 6) is 2.74. The number of aliphatic hydroxyl groups is 1. The van der Waals surface area contributed by atoms with E-state index in [9.17, 15) is 5.11 Å². The molecule has 0 saturated carbocycles. The first-order valence-corrected chi connectivity index (χ1v) is 12.8. The number of ether oxygens (including phenoxy) is 1. The van der Waals surface area contributed by atoms with Crippen molar-refractivity contribution in [2.75, 3.05) is 44.3 Å². The second-order valence-corrected chi connectivity index (χ2v) is 10.6. The van der Waals surface area contributed by atoms with Gasteiger partial charge in [0.1, 0.15) is 11.5 Å². The SMILES string of the molecule is Cn1c(CN2CCC(C(C)(C)O)CC2)nc2c(N3CCOCC3)nc(-c3n[nH]c4ccccc34)nc21.